The zero-order valence-electron chi connectivity index (χ0n) is 13.7. The Hall–Kier alpha value is -3.19. The van der Waals surface area contributed by atoms with Gasteiger partial charge in [-0.15, -0.1) is 0 Å². The molecule has 0 aliphatic rings. The maximum atomic E-state index is 13.2. The van der Waals surface area contributed by atoms with Gasteiger partial charge in [0.2, 0.25) is 5.95 Å². The third-order valence-corrected chi connectivity index (χ3v) is 3.71. The summed E-state index contributed by atoms with van der Waals surface area (Å²) in [6.45, 7) is 0. The van der Waals surface area contributed by atoms with Crippen molar-refractivity contribution in [2.24, 2.45) is 0 Å². The molecule has 0 bridgehead atoms. The monoisotopic (exact) mass is 372 g/mol. The summed E-state index contributed by atoms with van der Waals surface area (Å²) in [4.78, 5) is 20.6. The molecule has 0 unspecified atom stereocenters. The summed E-state index contributed by atoms with van der Waals surface area (Å²) in [6.07, 6.45) is 1.46. The van der Waals surface area contributed by atoms with Gasteiger partial charge in [-0.1, -0.05) is 23.7 Å². The average molecular weight is 373 g/mol. The van der Waals surface area contributed by atoms with Crippen LogP contribution >= 0.6 is 11.6 Å². The molecular weight excluding hydrogens is 359 g/mol. The van der Waals surface area contributed by atoms with Gasteiger partial charge in [-0.2, -0.15) is 0 Å². The van der Waals surface area contributed by atoms with E-state index >= 15 is 0 Å². The molecule has 0 atom stereocenters. The fourth-order valence-electron chi connectivity index (χ4n) is 2.18. The van der Waals surface area contributed by atoms with Crippen molar-refractivity contribution >= 4 is 34.8 Å². The van der Waals surface area contributed by atoms with Crippen LogP contribution in [0.5, 0.6) is 5.75 Å². The molecule has 2 N–H and O–H groups in total. The quantitative estimate of drug-likeness (QED) is 0.699. The van der Waals surface area contributed by atoms with Gasteiger partial charge in [-0.05, 0) is 36.4 Å². The van der Waals surface area contributed by atoms with Crippen LogP contribution in [0.3, 0.4) is 0 Å². The molecule has 0 fully saturated rings. The fraction of sp³-hybridized carbons (Fsp3) is 0.0556. The van der Waals surface area contributed by atoms with Crippen molar-refractivity contribution in [1.29, 1.82) is 0 Å². The minimum absolute atomic E-state index is 0.0796. The molecule has 132 valence electrons. The summed E-state index contributed by atoms with van der Waals surface area (Å²) >= 11 is 5.71. The zero-order valence-corrected chi connectivity index (χ0v) is 14.4. The van der Waals surface area contributed by atoms with Gasteiger partial charge in [0.05, 0.1) is 17.8 Å². The standard InChI is InChI=1S/C18H14ClFN4O2/c1-26-16-5-3-2-4-14(16)23-18-21-9-8-15(24-18)17(25)22-11-6-7-13(20)12(19)10-11/h2-10H,1H3,(H,22,25)(H,21,23,24). The third-order valence-electron chi connectivity index (χ3n) is 3.42. The van der Waals surface area contributed by atoms with Crippen molar-refractivity contribution in [3.05, 3.63) is 71.3 Å². The number of anilines is 3. The second kappa shape index (κ2) is 7.79. The molecular formula is C18H14ClFN4O2. The highest BCUT2D eigenvalue weighted by atomic mass is 35.5. The molecule has 0 aliphatic heterocycles. The Balaban J connectivity index is 1.78. The average Bonchev–Trinajstić information content (AvgIpc) is 2.65. The molecule has 8 heteroatoms. The van der Waals surface area contributed by atoms with E-state index in [0.29, 0.717) is 17.1 Å². The van der Waals surface area contributed by atoms with Crippen molar-refractivity contribution in [2.45, 2.75) is 0 Å². The molecule has 6 nitrogen and oxygen atoms in total. The van der Waals surface area contributed by atoms with Gasteiger partial charge < -0.3 is 15.4 Å². The zero-order chi connectivity index (χ0) is 18.5. The number of methoxy groups -OCH3 is 1. The molecule has 26 heavy (non-hydrogen) atoms. The number of hydrogen-bond acceptors (Lipinski definition) is 5. The second-order valence-corrected chi connectivity index (χ2v) is 5.58. The van der Waals surface area contributed by atoms with Crippen LogP contribution in [0.15, 0.2) is 54.7 Å². The van der Waals surface area contributed by atoms with E-state index in [1.807, 2.05) is 12.1 Å². The number of benzene rings is 2. The summed E-state index contributed by atoms with van der Waals surface area (Å²) in [5.74, 6) is -0.181. The van der Waals surface area contributed by atoms with E-state index in [1.165, 1.54) is 30.5 Å². The predicted molar refractivity (Wildman–Crippen MR) is 97.7 cm³/mol. The highest BCUT2D eigenvalue weighted by molar-refractivity contribution is 6.31. The van der Waals surface area contributed by atoms with Crippen molar-refractivity contribution in [2.75, 3.05) is 17.7 Å². The number of halogens is 2. The normalized spacial score (nSPS) is 10.3. The molecule has 3 rings (SSSR count). The number of carbonyl (C=O) groups is 1. The van der Waals surface area contributed by atoms with Crippen LogP contribution in [0.2, 0.25) is 5.02 Å². The summed E-state index contributed by atoms with van der Waals surface area (Å²) < 4.78 is 18.5. The topological polar surface area (TPSA) is 76.1 Å². The largest absolute Gasteiger partial charge is 0.495 e. The summed E-state index contributed by atoms with van der Waals surface area (Å²) in [5, 5.41) is 5.53. The molecule has 0 saturated heterocycles. The number of amides is 1. The smallest absolute Gasteiger partial charge is 0.274 e. The van der Waals surface area contributed by atoms with Crippen LogP contribution in [0.25, 0.3) is 0 Å². The lowest BCUT2D eigenvalue weighted by Crippen LogP contribution is -2.15. The Morgan fingerprint density at radius 2 is 2.00 bits per heavy atom. The van der Waals surface area contributed by atoms with Gasteiger partial charge >= 0.3 is 0 Å². The first-order valence-corrected chi connectivity index (χ1v) is 7.94. The number of rotatable bonds is 5. The minimum Gasteiger partial charge on any atom is -0.495 e. The van der Waals surface area contributed by atoms with Crippen LogP contribution in [-0.4, -0.2) is 23.0 Å². The Bertz CT molecular complexity index is 952. The van der Waals surface area contributed by atoms with Gasteiger partial charge in [0.25, 0.3) is 5.91 Å². The van der Waals surface area contributed by atoms with Crippen LogP contribution < -0.4 is 15.4 Å². The number of carbonyl (C=O) groups excluding carboxylic acids is 1. The lowest BCUT2D eigenvalue weighted by molar-refractivity contribution is 0.102. The first kappa shape index (κ1) is 17.6. The van der Waals surface area contributed by atoms with E-state index in [4.69, 9.17) is 16.3 Å². The Morgan fingerprint density at radius 1 is 1.19 bits per heavy atom. The van der Waals surface area contributed by atoms with Gasteiger partial charge in [-0.3, -0.25) is 4.79 Å². The van der Waals surface area contributed by atoms with Crippen molar-refractivity contribution in [3.8, 4) is 5.75 Å². The highest BCUT2D eigenvalue weighted by Gasteiger charge is 2.11. The summed E-state index contributed by atoms with van der Waals surface area (Å²) in [6, 6.07) is 12.6. The SMILES string of the molecule is COc1ccccc1Nc1nccc(C(=O)Nc2ccc(F)c(Cl)c2)n1. The highest BCUT2D eigenvalue weighted by Crippen LogP contribution is 2.25. The summed E-state index contributed by atoms with van der Waals surface area (Å²) in [5.41, 5.74) is 1.16. The van der Waals surface area contributed by atoms with E-state index in [9.17, 15) is 9.18 Å². The molecule has 1 heterocycles. The first-order chi connectivity index (χ1) is 12.6. The van der Waals surface area contributed by atoms with Crippen LogP contribution in [0.1, 0.15) is 10.5 Å². The van der Waals surface area contributed by atoms with E-state index < -0.39 is 11.7 Å². The van der Waals surface area contributed by atoms with Gasteiger partial charge in [0, 0.05) is 11.9 Å². The number of aromatic nitrogens is 2. The predicted octanol–water partition coefficient (Wildman–Crippen LogP) is 4.27. The van der Waals surface area contributed by atoms with E-state index in [-0.39, 0.29) is 16.7 Å². The van der Waals surface area contributed by atoms with Gasteiger partial charge in [0.15, 0.2) is 0 Å². The van der Waals surface area contributed by atoms with Crippen molar-refractivity contribution in [1.82, 2.24) is 9.97 Å². The lowest BCUT2D eigenvalue weighted by atomic mass is 10.3. The van der Waals surface area contributed by atoms with E-state index in [1.54, 1.807) is 19.2 Å². The number of nitrogens with one attached hydrogen (secondary N) is 2. The van der Waals surface area contributed by atoms with E-state index in [2.05, 4.69) is 20.6 Å². The molecule has 0 saturated carbocycles. The molecule has 0 radical (unpaired) electrons. The van der Waals surface area contributed by atoms with Crippen LogP contribution in [0, 0.1) is 5.82 Å². The van der Waals surface area contributed by atoms with Crippen molar-refractivity contribution < 1.29 is 13.9 Å². The lowest BCUT2D eigenvalue weighted by Gasteiger charge is -2.10. The Labute approximate surface area is 154 Å². The molecule has 1 amide bonds. The maximum absolute atomic E-state index is 13.2. The van der Waals surface area contributed by atoms with Crippen LogP contribution in [0.4, 0.5) is 21.7 Å². The number of nitrogens with zero attached hydrogens (tertiary/aromatic N) is 2. The molecule has 3 aromatic rings. The van der Waals surface area contributed by atoms with Gasteiger partial charge in [0.1, 0.15) is 17.3 Å². The second-order valence-electron chi connectivity index (χ2n) is 5.17. The number of para-hydroxylation sites is 2. The Morgan fingerprint density at radius 3 is 2.77 bits per heavy atom. The van der Waals surface area contributed by atoms with Crippen molar-refractivity contribution in [3.63, 3.8) is 0 Å². The van der Waals surface area contributed by atoms with E-state index in [0.717, 1.165) is 0 Å². The Kier molecular flexibility index (Phi) is 5.28. The first-order valence-electron chi connectivity index (χ1n) is 7.56. The number of ether oxygens (including phenoxy) is 1. The molecule has 2 aromatic carbocycles. The fourth-order valence-corrected chi connectivity index (χ4v) is 2.36. The van der Waals surface area contributed by atoms with Crippen LogP contribution in [-0.2, 0) is 0 Å². The minimum atomic E-state index is -0.560. The maximum Gasteiger partial charge on any atom is 0.274 e. The molecule has 0 spiro atoms. The third kappa shape index (κ3) is 4.07. The molecule has 0 aliphatic carbocycles. The molecule has 1 aromatic heterocycles. The summed E-state index contributed by atoms with van der Waals surface area (Å²) in [7, 11) is 1.55. The number of hydrogen-bond donors (Lipinski definition) is 2. The van der Waals surface area contributed by atoms with Gasteiger partial charge in [-0.25, -0.2) is 14.4 Å².